The molecule has 11 aromatic carbocycles. The van der Waals surface area contributed by atoms with Crippen molar-refractivity contribution in [3.05, 3.63) is 249 Å². The van der Waals surface area contributed by atoms with Crippen molar-refractivity contribution in [1.29, 1.82) is 0 Å². The number of fused-ring (bicyclic) bond motifs is 9. The molecular formula is C62H41NO2Si. The summed E-state index contributed by atoms with van der Waals surface area (Å²) in [6, 6.07) is 90.2. The number of anilines is 3. The molecule has 310 valence electrons. The highest BCUT2D eigenvalue weighted by atomic mass is 28.3. The van der Waals surface area contributed by atoms with Crippen molar-refractivity contribution in [3.63, 3.8) is 0 Å². The van der Waals surface area contributed by atoms with Crippen LogP contribution in [-0.2, 0) is 0 Å². The molecule has 2 aliphatic rings. The van der Waals surface area contributed by atoms with Gasteiger partial charge in [-0.25, -0.2) is 0 Å². The van der Waals surface area contributed by atoms with E-state index in [0.29, 0.717) is 0 Å². The molecule has 0 aliphatic carbocycles. The van der Waals surface area contributed by atoms with Crippen molar-refractivity contribution in [3.8, 4) is 56.4 Å². The van der Waals surface area contributed by atoms with E-state index in [1.54, 1.807) is 0 Å². The van der Waals surface area contributed by atoms with E-state index in [4.69, 9.17) is 9.47 Å². The van der Waals surface area contributed by atoms with Gasteiger partial charge in [0.15, 0.2) is 31.1 Å². The fraction of sp³-hybridized carbons (Fsp3) is 0. The van der Waals surface area contributed by atoms with Gasteiger partial charge >= 0.3 is 0 Å². The molecule has 0 aromatic heterocycles. The molecule has 66 heavy (non-hydrogen) atoms. The van der Waals surface area contributed by atoms with E-state index >= 15 is 0 Å². The zero-order valence-electron chi connectivity index (χ0n) is 35.9. The summed E-state index contributed by atoms with van der Waals surface area (Å²) in [6.45, 7) is 0. The average molecular weight is 860 g/mol. The van der Waals surface area contributed by atoms with Gasteiger partial charge in [-0.3, -0.25) is 0 Å². The van der Waals surface area contributed by atoms with Crippen LogP contribution >= 0.6 is 0 Å². The van der Waals surface area contributed by atoms with Gasteiger partial charge in [-0.05, 0) is 131 Å². The highest BCUT2D eigenvalue weighted by molar-refractivity contribution is 7.22. The van der Waals surface area contributed by atoms with E-state index in [0.717, 1.165) is 45.6 Å². The monoisotopic (exact) mass is 859 g/mol. The highest BCUT2D eigenvalue weighted by Crippen LogP contribution is 2.51. The predicted molar refractivity (Wildman–Crippen MR) is 276 cm³/mol. The number of nitrogens with zero attached hydrogens (tertiary/aromatic N) is 1. The van der Waals surface area contributed by atoms with Gasteiger partial charge in [-0.1, -0.05) is 188 Å². The van der Waals surface area contributed by atoms with E-state index in [1.807, 2.05) is 24.3 Å². The quantitative estimate of drug-likeness (QED) is 0.118. The molecule has 0 bridgehead atoms. The standard InChI is InChI=1S/C62H41NO2Si/c1-3-15-42(16-4-1)43-27-31-46(32-28-43)63(47-33-29-44(30-34-47)55-41-45-17-7-8-20-51(45)52-21-9-10-22-53(52)55)48-35-37-50(38-36-48)66(49-18-5-2-6-19-49)59-26-14-11-23-54(59)61-60(66)40-39-58-62(61)65-57-25-13-12-24-56(57)64-58/h1-41H. The summed E-state index contributed by atoms with van der Waals surface area (Å²) >= 11 is 0. The first-order chi connectivity index (χ1) is 32.7. The van der Waals surface area contributed by atoms with Crippen LogP contribution in [0.1, 0.15) is 0 Å². The van der Waals surface area contributed by atoms with E-state index in [-0.39, 0.29) is 0 Å². The third-order valence-electron chi connectivity index (χ3n) is 13.6. The van der Waals surface area contributed by atoms with Gasteiger partial charge in [-0.15, -0.1) is 0 Å². The van der Waals surface area contributed by atoms with Crippen LogP contribution < -0.4 is 35.1 Å². The molecule has 0 saturated carbocycles. The summed E-state index contributed by atoms with van der Waals surface area (Å²) in [7, 11) is -2.88. The van der Waals surface area contributed by atoms with Gasteiger partial charge in [0.05, 0.1) is 0 Å². The first-order valence-electron chi connectivity index (χ1n) is 22.6. The topological polar surface area (TPSA) is 21.7 Å². The maximum absolute atomic E-state index is 6.79. The summed E-state index contributed by atoms with van der Waals surface area (Å²) in [6.07, 6.45) is 0. The molecule has 1 atom stereocenters. The van der Waals surface area contributed by atoms with Crippen LogP contribution in [0.3, 0.4) is 0 Å². The average Bonchev–Trinajstić information content (AvgIpc) is 3.70. The third-order valence-corrected chi connectivity index (χ3v) is 18.5. The van der Waals surface area contributed by atoms with Gasteiger partial charge in [0.2, 0.25) is 0 Å². The number of hydrogen-bond acceptors (Lipinski definition) is 3. The summed E-state index contributed by atoms with van der Waals surface area (Å²) in [5.41, 5.74) is 10.4. The molecule has 2 heterocycles. The van der Waals surface area contributed by atoms with Gasteiger partial charge in [0, 0.05) is 22.6 Å². The Bertz CT molecular complexity index is 3630. The second kappa shape index (κ2) is 15.4. The summed E-state index contributed by atoms with van der Waals surface area (Å²) in [4.78, 5) is 2.38. The highest BCUT2D eigenvalue weighted by Gasteiger charge is 2.50. The molecule has 4 heteroatoms. The molecule has 0 radical (unpaired) electrons. The van der Waals surface area contributed by atoms with E-state index in [9.17, 15) is 0 Å². The van der Waals surface area contributed by atoms with Crippen molar-refractivity contribution in [2.24, 2.45) is 0 Å². The maximum atomic E-state index is 6.79. The minimum atomic E-state index is -2.88. The number of benzene rings is 11. The van der Waals surface area contributed by atoms with Crippen molar-refractivity contribution in [1.82, 2.24) is 0 Å². The molecule has 13 rings (SSSR count). The molecule has 3 nitrogen and oxygen atoms in total. The Kier molecular flexibility index (Phi) is 8.86. The Morgan fingerprint density at radius 2 is 0.848 bits per heavy atom. The molecule has 0 amide bonds. The third kappa shape index (κ3) is 5.96. The van der Waals surface area contributed by atoms with Crippen LogP contribution in [0.25, 0.3) is 54.9 Å². The molecule has 1 unspecified atom stereocenters. The second-order valence-corrected chi connectivity index (χ2v) is 20.9. The lowest BCUT2D eigenvalue weighted by atomic mass is 9.93. The Balaban J connectivity index is 0.959. The van der Waals surface area contributed by atoms with Crippen molar-refractivity contribution in [2.45, 2.75) is 0 Å². The molecule has 0 N–H and O–H groups in total. The van der Waals surface area contributed by atoms with E-state index in [2.05, 4.69) is 229 Å². The predicted octanol–water partition coefficient (Wildman–Crippen LogP) is 14.1. The van der Waals surface area contributed by atoms with Crippen LogP contribution in [0.4, 0.5) is 17.1 Å². The molecule has 11 aromatic rings. The summed E-state index contributed by atoms with van der Waals surface area (Å²) in [5, 5.41) is 10.3. The summed E-state index contributed by atoms with van der Waals surface area (Å²) < 4.78 is 13.3. The normalized spacial score (nSPS) is 14.4. The fourth-order valence-corrected chi connectivity index (χ4v) is 15.8. The van der Waals surface area contributed by atoms with Crippen molar-refractivity contribution < 1.29 is 9.47 Å². The minimum absolute atomic E-state index is 0.731. The van der Waals surface area contributed by atoms with Gasteiger partial charge in [-0.2, -0.15) is 0 Å². The molecular weight excluding hydrogens is 819 g/mol. The second-order valence-electron chi connectivity index (χ2n) is 17.2. The molecule has 0 saturated heterocycles. The van der Waals surface area contributed by atoms with Crippen molar-refractivity contribution >= 4 is 67.4 Å². The summed E-state index contributed by atoms with van der Waals surface area (Å²) in [5.74, 6) is 2.99. The Morgan fingerprint density at radius 1 is 0.318 bits per heavy atom. The molecule has 2 aliphatic heterocycles. The van der Waals surface area contributed by atoms with Crippen LogP contribution in [0.5, 0.6) is 23.0 Å². The van der Waals surface area contributed by atoms with Gasteiger partial charge in [0.25, 0.3) is 0 Å². The first kappa shape index (κ1) is 38.1. The fourth-order valence-electron chi connectivity index (χ4n) is 10.6. The zero-order chi connectivity index (χ0) is 43.6. The van der Waals surface area contributed by atoms with Gasteiger partial charge in [0.1, 0.15) is 0 Å². The number of para-hydroxylation sites is 2. The molecule has 0 fully saturated rings. The Labute approximate surface area is 385 Å². The van der Waals surface area contributed by atoms with E-state index < -0.39 is 8.07 Å². The largest absolute Gasteiger partial charge is 0.449 e. The lowest BCUT2D eigenvalue weighted by molar-refractivity contribution is 0.361. The van der Waals surface area contributed by atoms with Crippen LogP contribution in [0.15, 0.2) is 249 Å². The Morgan fingerprint density at radius 3 is 1.58 bits per heavy atom. The van der Waals surface area contributed by atoms with E-state index in [1.165, 1.54) is 70.1 Å². The maximum Gasteiger partial charge on any atom is 0.181 e. The van der Waals surface area contributed by atoms with Crippen LogP contribution in [0, 0.1) is 0 Å². The molecule has 0 spiro atoms. The lowest BCUT2D eigenvalue weighted by Crippen LogP contribution is -2.72. The smallest absolute Gasteiger partial charge is 0.181 e. The SMILES string of the molecule is c1ccc(-c2ccc(N(c3ccc(-c4cc5ccccc5c5ccccc45)cc3)c3ccc([Si]4(c5ccccc5)c5ccccc5-c5c4ccc4c5Oc5ccccc5O4)cc3)cc2)cc1. The first-order valence-corrected chi connectivity index (χ1v) is 24.6. The van der Waals surface area contributed by atoms with Crippen LogP contribution in [0.2, 0.25) is 0 Å². The lowest BCUT2D eigenvalue weighted by Gasteiger charge is -2.32. The zero-order valence-corrected chi connectivity index (χ0v) is 36.9. The van der Waals surface area contributed by atoms with Gasteiger partial charge < -0.3 is 14.4 Å². The Hall–Kier alpha value is -8.44. The number of hydrogen-bond donors (Lipinski definition) is 0. The number of rotatable bonds is 7. The number of ether oxygens (including phenoxy) is 2. The van der Waals surface area contributed by atoms with Crippen LogP contribution in [-0.4, -0.2) is 8.07 Å². The minimum Gasteiger partial charge on any atom is -0.449 e. The van der Waals surface area contributed by atoms with Crippen molar-refractivity contribution in [2.75, 3.05) is 4.90 Å².